The van der Waals surface area contributed by atoms with Crippen LogP contribution in [0.5, 0.6) is 0 Å². The molecule has 82 valence electrons. The average molecular weight is 233 g/mol. The van der Waals surface area contributed by atoms with E-state index in [2.05, 4.69) is 4.98 Å². The van der Waals surface area contributed by atoms with E-state index in [1.165, 1.54) is 28.6 Å². The largest absolute Gasteiger partial charge is 0.393 e. The smallest absolute Gasteiger partial charge is 0.330 e. The van der Waals surface area contributed by atoms with E-state index in [9.17, 15) is 9.59 Å². The molecule has 0 aliphatic carbocycles. The quantitative estimate of drug-likeness (QED) is 0.692. The number of nitrogens with one attached hydrogen (secondary N) is 1. The van der Waals surface area contributed by atoms with Crippen LogP contribution < -0.4 is 11.2 Å². The standard InChI is InChI=1S/C8H10N2O4S/c11-3-7-14-6(4-15-7)10-2-1-5(12)9-8(10)13/h1-2,6-7,11H,3-4H2,(H,9,12,13)/t6-,7+/m0/s1/i8+1,9+1,10+1. The van der Waals surface area contributed by atoms with Crippen LogP contribution in [0.25, 0.3) is 0 Å². The number of rotatable bonds is 2. The Bertz CT molecular complexity index is 454. The molecule has 2 heterocycles. The molecule has 1 fully saturated rings. The first-order valence-electron chi connectivity index (χ1n) is 4.40. The molecule has 0 spiro atoms. The van der Waals surface area contributed by atoms with Gasteiger partial charge in [-0.15, -0.1) is 11.8 Å². The maximum absolute atomic E-state index is 11.4. The molecule has 1 saturated heterocycles. The summed E-state index contributed by atoms with van der Waals surface area (Å²) in [5, 5.41) is 8.85. The second-order valence-electron chi connectivity index (χ2n) is 3.05. The van der Waals surface area contributed by atoms with Gasteiger partial charge in [0.25, 0.3) is 5.56 Å². The van der Waals surface area contributed by atoms with Crippen molar-refractivity contribution >= 4 is 11.8 Å². The van der Waals surface area contributed by atoms with Gasteiger partial charge in [-0.05, 0) is 0 Å². The SMILES string of the molecule is O=c1cc[15n]([C@@H]2CS[C@H](CO)O2)[13c](=O)[15nH]1. The maximum atomic E-state index is 11.4. The third-order valence-electron chi connectivity index (χ3n) is 2.04. The third-order valence-corrected chi connectivity index (χ3v) is 3.15. The summed E-state index contributed by atoms with van der Waals surface area (Å²) in [6.07, 6.45) is 0.975. The number of thioether (sulfide) groups is 1. The Morgan fingerprint density at radius 3 is 3.07 bits per heavy atom. The first kappa shape index (κ1) is 10.5. The molecule has 2 atom stereocenters. The molecule has 0 bridgehead atoms. The predicted octanol–water partition coefficient (Wildman–Crippen LogP) is -0.883. The van der Waals surface area contributed by atoms with Crippen LogP contribution in [0.2, 0.25) is 0 Å². The summed E-state index contributed by atoms with van der Waals surface area (Å²) >= 11 is 1.43. The first-order chi connectivity index (χ1) is 7.20. The van der Waals surface area contributed by atoms with Crippen molar-refractivity contribution in [3.63, 3.8) is 0 Å². The highest BCUT2D eigenvalue weighted by Crippen LogP contribution is 2.29. The molecule has 0 saturated carbocycles. The number of hydrogen-bond acceptors (Lipinski definition) is 5. The van der Waals surface area contributed by atoms with Gasteiger partial charge < -0.3 is 9.84 Å². The lowest BCUT2D eigenvalue weighted by atomic mass is 10.6. The van der Waals surface area contributed by atoms with E-state index in [1.807, 2.05) is 0 Å². The number of hydrogen-bond donors (Lipinski definition) is 2. The van der Waals surface area contributed by atoms with Gasteiger partial charge in [-0.3, -0.25) is 14.3 Å². The molecule has 0 unspecified atom stereocenters. The molecule has 1 aromatic heterocycles. The number of aliphatic hydroxyl groups excluding tert-OH is 1. The van der Waals surface area contributed by atoms with Gasteiger partial charge in [0.1, 0.15) is 11.7 Å². The number of aromatic amines is 1. The molecule has 1 aliphatic heterocycles. The normalized spacial score (nSPS) is 25.7. The molecule has 1 aromatic rings. The lowest BCUT2D eigenvalue weighted by Gasteiger charge is -2.12. The van der Waals surface area contributed by atoms with Crippen LogP contribution in [0, 0.1) is 0 Å². The highest BCUT2D eigenvalue weighted by Gasteiger charge is 2.27. The fourth-order valence-corrected chi connectivity index (χ4v) is 2.27. The minimum absolute atomic E-state index is 0.0841. The van der Waals surface area contributed by atoms with E-state index in [-0.39, 0.29) is 12.0 Å². The summed E-state index contributed by atoms with van der Waals surface area (Å²) in [4.78, 5) is 24.3. The predicted molar refractivity (Wildman–Crippen MR) is 54.8 cm³/mol. The Balaban J connectivity index is 2.24. The van der Waals surface area contributed by atoms with Crippen LogP contribution in [-0.2, 0) is 4.74 Å². The topological polar surface area (TPSA) is 84.3 Å². The fourth-order valence-electron chi connectivity index (χ4n) is 1.34. The number of aliphatic hydroxyl groups is 1. The van der Waals surface area contributed by atoms with Crippen molar-refractivity contribution < 1.29 is 9.84 Å². The van der Waals surface area contributed by atoms with Gasteiger partial charge >= 0.3 is 5.69 Å². The van der Waals surface area contributed by atoms with E-state index in [1.54, 1.807) is 0 Å². The lowest BCUT2D eigenvalue weighted by Crippen LogP contribution is -2.32. The maximum Gasteiger partial charge on any atom is 0.330 e. The van der Waals surface area contributed by atoms with E-state index >= 15 is 0 Å². The minimum Gasteiger partial charge on any atom is -0.393 e. The molecule has 2 N–H and O–H groups in total. The third kappa shape index (κ3) is 2.14. The molecular weight excluding hydrogens is 223 g/mol. The fraction of sp³-hybridized carbons (Fsp3) is 0.500. The number of ether oxygens (including phenoxy) is 1. The molecule has 2 rings (SSSR count). The van der Waals surface area contributed by atoms with Crippen LogP contribution in [0.15, 0.2) is 21.9 Å². The first-order valence-corrected chi connectivity index (χ1v) is 5.45. The van der Waals surface area contributed by atoms with Crippen molar-refractivity contribution in [3.8, 4) is 0 Å². The van der Waals surface area contributed by atoms with Crippen LogP contribution >= 0.6 is 11.8 Å². The molecule has 0 aromatic carbocycles. The van der Waals surface area contributed by atoms with Gasteiger partial charge in [0.05, 0.1) is 6.61 Å². The monoisotopic (exact) mass is 233 g/mol. The van der Waals surface area contributed by atoms with E-state index < -0.39 is 17.5 Å². The van der Waals surface area contributed by atoms with Gasteiger partial charge in [0.2, 0.25) is 0 Å². The Morgan fingerprint density at radius 2 is 2.47 bits per heavy atom. The zero-order valence-electron chi connectivity index (χ0n) is 7.75. The van der Waals surface area contributed by atoms with Gasteiger partial charge in [0.15, 0.2) is 0 Å². The summed E-state index contributed by atoms with van der Waals surface area (Å²) in [6.45, 7) is -0.0841. The Morgan fingerprint density at radius 1 is 1.67 bits per heavy atom. The molecule has 0 radical (unpaired) electrons. The molecule has 0 amide bonds. The summed E-state index contributed by atoms with van der Waals surface area (Å²) in [5.41, 5.74) is -1.22. The second-order valence-corrected chi connectivity index (χ2v) is 4.25. The van der Waals surface area contributed by atoms with E-state index in [4.69, 9.17) is 9.84 Å². The molecule has 15 heavy (non-hydrogen) atoms. The lowest BCUT2D eigenvalue weighted by molar-refractivity contribution is -0.00640. The van der Waals surface area contributed by atoms with Crippen LogP contribution in [0.1, 0.15) is 6.23 Å². The van der Waals surface area contributed by atoms with Gasteiger partial charge in [-0.1, -0.05) is 0 Å². The van der Waals surface area contributed by atoms with Crippen LogP contribution in [0.4, 0.5) is 0 Å². The van der Waals surface area contributed by atoms with Crippen molar-refractivity contribution in [2.24, 2.45) is 0 Å². The van der Waals surface area contributed by atoms with E-state index in [0.717, 1.165) is 0 Å². The van der Waals surface area contributed by atoms with Crippen molar-refractivity contribution in [2.75, 3.05) is 12.4 Å². The molecule has 1 aliphatic rings. The van der Waals surface area contributed by atoms with E-state index in [0.29, 0.717) is 5.75 Å². The summed E-state index contributed by atoms with van der Waals surface area (Å²) in [5.74, 6) is 0.581. The Kier molecular flexibility index (Phi) is 2.94. The number of nitrogens with zero attached hydrogens (tertiary/aromatic N) is 1. The minimum atomic E-state index is -0.494. The number of H-pyrrole nitrogens is 1. The average Bonchev–Trinajstić information content (AvgIpc) is 2.66. The zero-order valence-corrected chi connectivity index (χ0v) is 8.57. The summed E-state index contributed by atoms with van der Waals surface area (Å²) < 4.78 is 6.68. The molecular formula is C8H10N2O4S. The summed E-state index contributed by atoms with van der Waals surface area (Å²) in [7, 11) is 0. The van der Waals surface area contributed by atoms with Crippen molar-refractivity contribution in [1.82, 2.24) is 9.55 Å². The van der Waals surface area contributed by atoms with Crippen LogP contribution in [0.3, 0.4) is 0 Å². The van der Waals surface area contributed by atoms with Gasteiger partial charge in [-0.2, -0.15) is 0 Å². The highest BCUT2D eigenvalue weighted by molar-refractivity contribution is 8.00. The number of aromatic nitrogens is 2. The Hall–Kier alpha value is -1.05. The van der Waals surface area contributed by atoms with Crippen LogP contribution in [-0.4, -0.2) is 32.5 Å². The Labute approximate surface area is 88.9 Å². The highest BCUT2D eigenvalue weighted by atomic mass is 32.2. The molecule has 7 heteroatoms. The van der Waals surface area contributed by atoms with Crippen molar-refractivity contribution in [2.45, 2.75) is 11.7 Å². The summed E-state index contributed by atoms with van der Waals surface area (Å²) in [6, 6.07) is 1.27. The second kappa shape index (κ2) is 4.21. The van der Waals surface area contributed by atoms with Crippen molar-refractivity contribution in [1.29, 1.82) is 0 Å². The molecule has 6 nitrogen and oxygen atoms in total. The van der Waals surface area contributed by atoms with Gasteiger partial charge in [-0.25, -0.2) is 4.79 Å². The zero-order chi connectivity index (χ0) is 10.8. The van der Waals surface area contributed by atoms with Gasteiger partial charge in [0, 0.05) is 18.0 Å². The van der Waals surface area contributed by atoms with Crippen molar-refractivity contribution in [3.05, 3.63) is 33.1 Å².